The fourth-order valence-electron chi connectivity index (χ4n) is 4.49. The molecule has 1 heterocycles. The molecule has 1 aromatic carbocycles. The van der Waals surface area contributed by atoms with E-state index in [9.17, 15) is 34.2 Å². The van der Waals surface area contributed by atoms with Gasteiger partial charge >= 0.3 is 11.9 Å². The normalized spacial score (nSPS) is 13.7. The van der Waals surface area contributed by atoms with Gasteiger partial charge in [-0.05, 0) is 56.7 Å². The number of carboxylic acid groups (broad SMARTS) is 2. The maximum absolute atomic E-state index is 13.3. The van der Waals surface area contributed by atoms with Crippen LogP contribution in [0.2, 0.25) is 0 Å². The van der Waals surface area contributed by atoms with Crippen LogP contribution in [0.15, 0.2) is 35.5 Å². The average molecular weight is 618 g/mol. The van der Waals surface area contributed by atoms with Crippen molar-refractivity contribution >= 4 is 46.5 Å². The molecule has 0 saturated heterocycles. The van der Waals surface area contributed by atoms with Crippen LogP contribution >= 0.6 is 0 Å². The van der Waals surface area contributed by atoms with Crippen LogP contribution in [-0.2, 0) is 30.4 Å². The molecule has 0 bridgehead atoms. The molecule has 44 heavy (non-hydrogen) atoms. The minimum atomic E-state index is -1.33. The highest BCUT2D eigenvalue weighted by molar-refractivity contribution is 5.94. The molecule has 2 aromatic rings. The van der Waals surface area contributed by atoms with Crippen LogP contribution in [0.5, 0.6) is 0 Å². The Kier molecular flexibility index (Phi) is 14.6. The number of carbonyl (C=O) groups is 5. The number of para-hydroxylation sites is 1. The van der Waals surface area contributed by atoms with Gasteiger partial charge in [-0.1, -0.05) is 18.2 Å². The molecule has 0 fully saturated rings. The summed E-state index contributed by atoms with van der Waals surface area (Å²) in [6.45, 7) is 0.572. The number of H-pyrrole nitrogens is 1. The lowest BCUT2D eigenvalue weighted by Crippen LogP contribution is -2.57. The largest absolute Gasteiger partial charge is 0.481 e. The van der Waals surface area contributed by atoms with Crippen LogP contribution in [0.4, 0.5) is 0 Å². The number of aromatic amines is 1. The van der Waals surface area contributed by atoms with Gasteiger partial charge in [0, 0.05) is 36.5 Å². The highest BCUT2D eigenvalue weighted by Gasteiger charge is 2.31. The SMILES string of the molecule is NCCCCC(NC(=O)C(CCC(=O)O)NC(=O)C(N)CCCN=C(N)N)C(=O)NC(Cc1c[nH]c2ccccc12)C(=O)O. The van der Waals surface area contributed by atoms with Crippen molar-refractivity contribution in [3.05, 3.63) is 36.0 Å². The molecule has 16 heteroatoms. The zero-order valence-corrected chi connectivity index (χ0v) is 24.5. The van der Waals surface area contributed by atoms with E-state index in [2.05, 4.69) is 25.9 Å². The number of aliphatic imine (C=N–C) groups is 1. The second-order valence-electron chi connectivity index (χ2n) is 10.4. The number of nitrogens with zero attached hydrogens (tertiary/aromatic N) is 1. The molecule has 0 aliphatic rings. The van der Waals surface area contributed by atoms with Crippen molar-refractivity contribution in [2.75, 3.05) is 13.1 Å². The van der Waals surface area contributed by atoms with Crippen LogP contribution in [0.1, 0.15) is 50.5 Å². The van der Waals surface area contributed by atoms with Crippen LogP contribution in [0, 0.1) is 0 Å². The number of unbranched alkanes of at least 4 members (excludes halogenated alkanes) is 1. The van der Waals surface area contributed by atoms with Gasteiger partial charge in [-0.3, -0.25) is 24.2 Å². The number of nitrogens with one attached hydrogen (secondary N) is 4. The van der Waals surface area contributed by atoms with Gasteiger partial charge in [0.2, 0.25) is 17.7 Å². The summed E-state index contributed by atoms with van der Waals surface area (Å²) in [4.78, 5) is 69.6. The molecule has 1 aromatic heterocycles. The molecule has 0 spiro atoms. The maximum Gasteiger partial charge on any atom is 0.326 e. The molecular formula is C28H43N9O7. The van der Waals surface area contributed by atoms with Gasteiger partial charge in [-0.15, -0.1) is 0 Å². The lowest BCUT2D eigenvalue weighted by atomic mass is 10.0. The summed E-state index contributed by atoms with van der Waals surface area (Å²) in [6, 6.07) is 2.47. The summed E-state index contributed by atoms with van der Waals surface area (Å²) >= 11 is 0. The first-order valence-electron chi connectivity index (χ1n) is 14.3. The van der Waals surface area contributed by atoms with Gasteiger partial charge in [0.15, 0.2) is 5.96 Å². The Morgan fingerprint density at radius 1 is 0.841 bits per heavy atom. The number of carbonyl (C=O) groups excluding carboxylic acids is 3. The molecular weight excluding hydrogens is 574 g/mol. The van der Waals surface area contributed by atoms with Crippen molar-refractivity contribution in [2.45, 2.75) is 75.5 Å². The number of aliphatic carboxylic acids is 2. The summed E-state index contributed by atoms with van der Waals surface area (Å²) in [5, 5.41) is 27.4. The van der Waals surface area contributed by atoms with Crippen molar-refractivity contribution in [2.24, 2.45) is 27.9 Å². The summed E-state index contributed by atoms with van der Waals surface area (Å²) in [6.07, 6.45) is 2.59. The first kappa shape index (κ1) is 35.5. The monoisotopic (exact) mass is 617 g/mol. The van der Waals surface area contributed by atoms with Crippen molar-refractivity contribution in [1.82, 2.24) is 20.9 Å². The van der Waals surface area contributed by atoms with Gasteiger partial charge in [0.05, 0.1) is 6.04 Å². The number of benzene rings is 1. The van der Waals surface area contributed by atoms with Crippen molar-refractivity contribution in [3.63, 3.8) is 0 Å². The van der Waals surface area contributed by atoms with Gasteiger partial charge in [0.25, 0.3) is 0 Å². The summed E-state index contributed by atoms with van der Waals surface area (Å²) in [5.74, 6) is -4.83. The van der Waals surface area contributed by atoms with E-state index in [-0.39, 0.29) is 38.2 Å². The molecule has 0 saturated carbocycles. The van der Waals surface area contributed by atoms with Crippen LogP contribution in [0.3, 0.4) is 0 Å². The van der Waals surface area contributed by atoms with Crippen molar-refractivity contribution in [1.29, 1.82) is 0 Å². The van der Waals surface area contributed by atoms with E-state index in [1.165, 1.54) is 0 Å². The highest BCUT2D eigenvalue weighted by Crippen LogP contribution is 2.19. The van der Waals surface area contributed by atoms with E-state index in [1.54, 1.807) is 6.20 Å². The Morgan fingerprint density at radius 3 is 2.11 bits per heavy atom. The molecule has 4 atom stereocenters. The molecule has 16 nitrogen and oxygen atoms in total. The first-order chi connectivity index (χ1) is 20.9. The number of hydrogen-bond acceptors (Lipinski definition) is 8. The smallest absolute Gasteiger partial charge is 0.326 e. The molecule has 0 radical (unpaired) electrons. The van der Waals surface area contributed by atoms with E-state index >= 15 is 0 Å². The van der Waals surface area contributed by atoms with E-state index in [1.807, 2.05) is 24.3 Å². The molecule has 4 unspecified atom stereocenters. The van der Waals surface area contributed by atoms with E-state index in [0.29, 0.717) is 31.4 Å². The van der Waals surface area contributed by atoms with Crippen LogP contribution < -0.4 is 38.9 Å². The van der Waals surface area contributed by atoms with Crippen molar-refractivity contribution < 1.29 is 34.2 Å². The second-order valence-corrected chi connectivity index (χ2v) is 10.4. The minimum Gasteiger partial charge on any atom is -0.481 e. The Hall–Kier alpha value is -4.70. The van der Waals surface area contributed by atoms with Crippen molar-refractivity contribution in [3.8, 4) is 0 Å². The van der Waals surface area contributed by atoms with Gasteiger partial charge in [0.1, 0.15) is 18.1 Å². The predicted molar refractivity (Wildman–Crippen MR) is 163 cm³/mol. The first-order valence-corrected chi connectivity index (χ1v) is 14.3. The van der Waals surface area contributed by atoms with Gasteiger partial charge in [-0.25, -0.2) is 4.79 Å². The van der Waals surface area contributed by atoms with E-state index < -0.39 is 60.2 Å². The Morgan fingerprint density at radius 2 is 1.48 bits per heavy atom. The fourth-order valence-corrected chi connectivity index (χ4v) is 4.49. The molecule has 14 N–H and O–H groups in total. The third-order valence-electron chi connectivity index (χ3n) is 6.88. The predicted octanol–water partition coefficient (Wildman–Crippen LogP) is -1.38. The van der Waals surface area contributed by atoms with Crippen LogP contribution in [0.25, 0.3) is 10.9 Å². The van der Waals surface area contributed by atoms with Gasteiger partial charge in [-0.2, -0.15) is 0 Å². The Labute approximate surface area is 254 Å². The number of amides is 3. The fraction of sp³-hybridized carbons (Fsp3) is 0.500. The molecule has 242 valence electrons. The topological polar surface area (TPSA) is 294 Å². The number of aromatic nitrogens is 1. The average Bonchev–Trinajstić information content (AvgIpc) is 3.38. The number of carboxylic acids is 2. The lowest BCUT2D eigenvalue weighted by molar-refractivity contribution is -0.142. The Bertz CT molecular complexity index is 1310. The minimum absolute atomic E-state index is 0.0209. The number of nitrogens with two attached hydrogens (primary N) is 4. The Balaban J connectivity index is 2.15. The zero-order valence-electron chi connectivity index (χ0n) is 24.5. The number of fused-ring (bicyclic) bond motifs is 1. The summed E-state index contributed by atoms with van der Waals surface area (Å²) in [7, 11) is 0. The maximum atomic E-state index is 13.3. The second kappa shape index (κ2) is 18.1. The molecule has 0 aliphatic carbocycles. The highest BCUT2D eigenvalue weighted by atomic mass is 16.4. The van der Waals surface area contributed by atoms with E-state index in [0.717, 1.165) is 10.9 Å². The number of hydrogen-bond donors (Lipinski definition) is 10. The molecule has 0 aliphatic heterocycles. The number of guanidine groups is 1. The summed E-state index contributed by atoms with van der Waals surface area (Å²) < 4.78 is 0. The summed E-state index contributed by atoms with van der Waals surface area (Å²) in [5.41, 5.74) is 23.6. The lowest BCUT2D eigenvalue weighted by Gasteiger charge is -2.25. The van der Waals surface area contributed by atoms with Gasteiger partial charge < -0.3 is 54.1 Å². The molecule has 2 rings (SSSR count). The molecule has 3 amide bonds. The third kappa shape index (κ3) is 11.9. The van der Waals surface area contributed by atoms with E-state index in [4.69, 9.17) is 22.9 Å². The zero-order chi connectivity index (χ0) is 32.6. The standard InChI is InChI=1S/C28H43N9O7/c29-12-4-3-9-20(25(41)37-22(27(43)44)14-16-15-34-19-8-2-1-6-17(16)19)36-26(42)21(10-11-23(38)39)35-24(40)18(30)7-5-13-33-28(31)32/h1-2,6,8,15,18,20-22,34H,3-5,7,9-14,29-30H2,(H,35,40)(H,36,42)(H,37,41)(H,38,39)(H,43,44)(H4,31,32,33). The quantitative estimate of drug-likeness (QED) is 0.0469. The number of rotatable bonds is 20. The third-order valence-corrected chi connectivity index (χ3v) is 6.88. The van der Waals surface area contributed by atoms with Crippen LogP contribution in [-0.4, -0.2) is 88.1 Å².